The average Bonchev–Trinajstić information content (AvgIpc) is 2.72. The number of ether oxygens (including phenoxy) is 2. The zero-order valence-electron chi connectivity index (χ0n) is 9.21. The van der Waals surface area contributed by atoms with E-state index < -0.39 is 17.0 Å². The highest BCUT2D eigenvalue weighted by Gasteiger charge is 2.34. The lowest BCUT2D eigenvalue weighted by Crippen LogP contribution is -2.27. The Morgan fingerprint density at radius 3 is 3.06 bits per heavy atom. The molecule has 0 unspecified atom stereocenters. The Labute approximate surface area is 97.3 Å². The number of hydrogen-bond acceptors (Lipinski definition) is 5. The van der Waals surface area contributed by atoms with Crippen LogP contribution in [0.3, 0.4) is 0 Å². The summed E-state index contributed by atoms with van der Waals surface area (Å²) >= 11 is 0. The lowest BCUT2D eigenvalue weighted by Gasteiger charge is -2.08. The van der Waals surface area contributed by atoms with E-state index in [1.165, 1.54) is 6.07 Å². The summed E-state index contributed by atoms with van der Waals surface area (Å²) in [4.78, 5) is 21.7. The minimum Gasteiger partial charge on any atom is -0.471 e. The zero-order valence-corrected chi connectivity index (χ0v) is 9.21. The van der Waals surface area contributed by atoms with Gasteiger partial charge in [0.25, 0.3) is 0 Å². The minimum absolute atomic E-state index is 0.116. The molecule has 1 atom stereocenters. The van der Waals surface area contributed by atoms with Crippen molar-refractivity contribution in [3.63, 3.8) is 0 Å². The molecule has 0 spiro atoms. The molecule has 0 fully saturated rings. The van der Waals surface area contributed by atoms with E-state index in [-0.39, 0.29) is 18.0 Å². The van der Waals surface area contributed by atoms with Crippen molar-refractivity contribution in [3.8, 4) is 5.75 Å². The largest absolute Gasteiger partial charge is 0.471 e. The Hall–Kier alpha value is -2.11. The van der Waals surface area contributed by atoms with Crippen molar-refractivity contribution < 1.29 is 19.2 Å². The van der Waals surface area contributed by atoms with E-state index in [0.717, 1.165) is 0 Å². The molecule has 90 valence electrons. The molecule has 2 rings (SSSR count). The van der Waals surface area contributed by atoms with E-state index in [4.69, 9.17) is 9.47 Å². The molecule has 0 radical (unpaired) electrons. The monoisotopic (exact) mass is 237 g/mol. The number of hydrogen-bond donors (Lipinski definition) is 0. The van der Waals surface area contributed by atoms with Gasteiger partial charge in [-0.3, -0.25) is 10.1 Å². The Morgan fingerprint density at radius 1 is 1.65 bits per heavy atom. The SMILES string of the molecule is CCOC(=O)[C@H]1Cc2cccc([N+](=O)[O-])c2O1. The van der Waals surface area contributed by atoms with Gasteiger partial charge < -0.3 is 9.47 Å². The molecule has 6 nitrogen and oxygen atoms in total. The average molecular weight is 237 g/mol. The summed E-state index contributed by atoms with van der Waals surface area (Å²) in [5.74, 6) is -0.312. The van der Waals surface area contributed by atoms with Crippen molar-refractivity contribution in [3.05, 3.63) is 33.9 Å². The fourth-order valence-electron chi connectivity index (χ4n) is 1.76. The van der Waals surface area contributed by atoms with Gasteiger partial charge in [0.2, 0.25) is 5.75 Å². The van der Waals surface area contributed by atoms with Crippen LogP contribution in [-0.2, 0) is 16.0 Å². The Bertz CT molecular complexity index is 471. The first-order chi connectivity index (χ1) is 8.13. The highest BCUT2D eigenvalue weighted by atomic mass is 16.6. The van der Waals surface area contributed by atoms with E-state index in [1.807, 2.05) is 0 Å². The summed E-state index contributed by atoms with van der Waals surface area (Å²) in [6.45, 7) is 1.96. The van der Waals surface area contributed by atoms with E-state index >= 15 is 0 Å². The molecule has 1 heterocycles. The molecule has 17 heavy (non-hydrogen) atoms. The van der Waals surface area contributed by atoms with E-state index in [1.54, 1.807) is 19.1 Å². The molecule has 0 saturated carbocycles. The fourth-order valence-corrected chi connectivity index (χ4v) is 1.76. The molecule has 0 bridgehead atoms. The standard InChI is InChI=1S/C11H11NO5/c1-2-16-11(13)9-6-7-4-3-5-8(12(14)15)10(7)17-9/h3-5,9H,2,6H2,1H3/t9-/m1/s1. The summed E-state index contributed by atoms with van der Waals surface area (Å²) in [5.41, 5.74) is 0.548. The maximum absolute atomic E-state index is 11.5. The molecule has 1 aromatic rings. The molecule has 6 heteroatoms. The van der Waals surface area contributed by atoms with Crippen molar-refractivity contribution in [2.24, 2.45) is 0 Å². The zero-order chi connectivity index (χ0) is 12.4. The van der Waals surface area contributed by atoms with Crippen LogP contribution in [0.1, 0.15) is 12.5 Å². The van der Waals surface area contributed by atoms with E-state index in [2.05, 4.69) is 0 Å². The van der Waals surface area contributed by atoms with Gasteiger partial charge in [-0.05, 0) is 6.92 Å². The molecule has 0 N–H and O–H groups in total. The van der Waals surface area contributed by atoms with Crippen LogP contribution < -0.4 is 4.74 Å². The van der Waals surface area contributed by atoms with Gasteiger partial charge >= 0.3 is 11.7 Å². The van der Waals surface area contributed by atoms with Gasteiger partial charge in [-0.2, -0.15) is 0 Å². The third-order valence-corrected chi connectivity index (χ3v) is 2.49. The summed E-state index contributed by atoms with van der Waals surface area (Å²) in [6, 6.07) is 4.64. The quantitative estimate of drug-likeness (QED) is 0.451. The van der Waals surface area contributed by atoms with Crippen molar-refractivity contribution in [2.75, 3.05) is 6.61 Å². The summed E-state index contributed by atoms with van der Waals surface area (Å²) in [6.07, 6.45) is -0.457. The predicted octanol–water partition coefficient (Wildman–Crippen LogP) is 1.46. The minimum atomic E-state index is -0.772. The van der Waals surface area contributed by atoms with E-state index in [9.17, 15) is 14.9 Å². The van der Waals surface area contributed by atoms with Gasteiger partial charge in [0, 0.05) is 18.1 Å². The maximum Gasteiger partial charge on any atom is 0.347 e. The number of rotatable bonds is 3. The number of nitro groups is 1. The highest BCUT2D eigenvalue weighted by Crippen LogP contribution is 2.37. The van der Waals surface area contributed by atoms with Crippen molar-refractivity contribution in [1.82, 2.24) is 0 Å². The van der Waals surface area contributed by atoms with Gasteiger partial charge in [0.15, 0.2) is 6.10 Å². The van der Waals surface area contributed by atoms with Crippen LogP contribution in [-0.4, -0.2) is 23.6 Å². The number of carbonyl (C=O) groups is 1. The van der Waals surface area contributed by atoms with Gasteiger partial charge in [-0.15, -0.1) is 0 Å². The molecule has 0 amide bonds. The summed E-state index contributed by atoms with van der Waals surface area (Å²) < 4.78 is 10.1. The van der Waals surface area contributed by atoms with Crippen LogP contribution in [0.15, 0.2) is 18.2 Å². The fraction of sp³-hybridized carbons (Fsp3) is 0.364. The molecule has 1 aliphatic rings. The molecular formula is C11H11NO5. The molecule has 0 aliphatic carbocycles. The third-order valence-electron chi connectivity index (χ3n) is 2.49. The molecule has 1 aliphatic heterocycles. The Kier molecular flexibility index (Phi) is 2.95. The maximum atomic E-state index is 11.5. The van der Waals surface area contributed by atoms with Crippen LogP contribution in [0.4, 0.5) is 5.69 Å². The molecular weight excluding hydrogens is 226 g/mol. The van der Waals surface area contributed by atoms with E-state index in [0.29, 0.717) is 12.0 Å². The van der Waals surface area contributed by atoms with Crippen LogP contribution in [0.2, 0.25) is 0 Å². The second-order valence-electron chi connectivity index (χ2n) is 3.59. The van der Waals surface area contributed by atoms with Crippen LogP contribution in [0.25, 0.3) is 0 Å². The number of benzene rings is 1. The van der Waals surface area contributed by atoms with Crippen molar-refractivity contribution in [2.45, 2.75) is 19.4 Å². The van der Waals surface area contributed by atoms with Gasteiger partial charge in [0.05, 0.1) is 11.5 Å². The lowest BCUT2D eigenvalue weighted by atomic mass is 10.1. The smallest absolute Gasteiger partial charge is 0.347 e. The predicted molar refractivity (Wildman–Crippen MR) is 57.8 cm³/mol. The van der Waals surface area contributed by atoms with Crippen molar-refractivity contribution in [1.29, 1.82) is 0 Å². The van der Waals surface area contributed by atoms with Gasteiger partial charge in [0.1, 0.15) is 0 Å². The molecule has 1 aromatic carbocycles. The number of carbonyl (C=O) groups excluding carboxylic acids is 1. The van der Waals surface area contributed by atoms with Crippen molar-refractivity contribution >= 4 is 11.7 Å². The first kappa shape index (κ1) is 11.4. The van der Waals surface area contributed by atoms with Crippen LogP contribution in [0.5, 0.6) is 5.75 Å². The topological polar surface area (TPSA) is 78.7 Å². The summed E-state index contributed by atoms with van der Waals surface area (Å²) in [5, 5.41) is 10.8. The number of para-hydroxylation sites is 1. The molecule has 0 aromatic heterocycles. The third kappa shape index (κ3) is 2.06. The van der Waals surface area contributed by atoms with Gasteiger partial charge in [-0.25, -0.2) is 4.79 Å². The highest BCUT2D eigenvalue weighted by molar-refractivity contribution is 5.77. The Morgan fingerprint density at radius 2 is 2.41 bits per heavy atom. The second-order valence-corrected chi connectivity index (χ2v) is 3.59. The number of fused-ring (bicyclic) bond motifs is 1. The second kappa shape index (κ2) is 4.40. The lowest BCUT2D eigenvalue weighted by molar-refractivity contribution is -0.385. The first-order valence-electron chi connectivity index (χ1n) is 5.23. The number of nitrogens with zero attached hydrogens (tertiary/aromatic N) is 1. The Balaban J connectivity index is 2.24. The molecule has 0 saturated heterocycles. The normalized spacial score (nSPS) is 17.1. The first-order valence-corrected chi connectivity index (χ1v) is 5.23. The van der Waals surface area contributed by atoms with Gasteiger partial charge in [-0.1, -0.05) is 12.1 Å². The van der Waals surface area contributed by atoms with Crippen LogP contribution >= 0.6 is 0 Å². The number of esters is 1. The summed E-state index contributed by atoms with van der Waals surface area (Å²) in [7, 11) is 0. The van der Waals surface area contributed by atoms with Crippen LogP contribution in [0, 0.1) is 10.1 Å². The number of nitro benzene ring substituents is 1.